The molecular weight excluding hydrogens is 248 g/mol. The minimum absolute atomic E-state index is 0.545. The van der Waals surface area contributed by atoms with Gasteiger partial charge in [-0.2, -0.15) is 4.98 Å². The van der Waals surface area contributed by atoms with Crippen molar-refractivity contribution < 1.29 is 0 Å². The normalized spacial score (nSPS) is 16.9. The second-order valence-corrected chi connectivity index (χ2v) is 6.21. The van der Waals surface area contributed by atoms with Crippen LogP contribution in [-0.4, -0.2) is 22.6 Å². The van der Waals surface area contributed by atoms with Gasteiger partial charge in [0.2, 0.25) is 5.95 Å². The molecule has 4 heteroatoms. The molecule has 0 amide bonds. The van der Waals surface area contributed by atoms with Gasteiger partial charge in [-0.05, 0) is 31.2 Å². The first-order valence-corrected chi connectivity index (χ1v) is 8.07. The topological polar surface area (TPSA) is 49.8 Å². The summed E-state index contributed by atoms with van der Waals surface area (Å²) in [6.45, 7) is 5.44. The molecule has 0 radical (unpaired) electrons. The van der Waals surface area contributed by atoms with Gasteiger partial charge in [-0.1, -0.05) is 39.5 Å². The largest absolute Gasteiger partial charge is 0.370 e. The zero-order chi connectivity index (χ0) is 14.2. The minimum Gasteiger partial charge on any atom is -0.370 e. The highest BCUT2D eigenvalue weighted by Gasteiger charge is 2.13. The molecule has 0 spiro atoms. The highest BCUT2D eigenvalue weighted by atomic mass is 15.1. The molecule has 1 heterocycles. The zero-order valence-corrected chi connectivity index (χ0v) is 12.9. The molecule has 2 rings (SSSR count). The van der Waals surface area contributed by atoms with E-state index in [2.05, 4.69) is 34.4 Å². The van der Waals surface area contributed by atoms with Crippen molar-refractivity contribution in [2.45, 2.75) is 64.8 Å². The second-order valence-electron chi connectivity index (χ2n) is 6.21. The molecule has 2 N–H and O–H groups in total. The van der Waals surface area contributed by atoms with Gasteiger partial charge in [0, 0.05) is 18.8 Å². The lowest BCUT2D eigenvalue weighted by Gasteiger charge is -2.16. The number of nitrogens with zero attached hydrogens (tertiary/aromatic N) is 2. The molecule has 4 nitrogen and oxygen atoms in total. The average Bonchev–Trinajstić information content (AvgIpc) is 2.67. The third-order valence-electron chi connectivity index (χ3n) is 3.87. The van der Waals surface area contributed by atoms with Crippen molar-refractivity contribution in [3.63, 3.8) is 0 Å². The molecular formula is C16H28N4. The monoisotopic (exact) mass is 276 g/mol. The third-order valence-corrected chi connectivity index (χ3v) is 3.87. The Hall–Kier alpha value is -1.32. The molecule has 0 aliphatic heterocycles. The van der Waals surface area contributed by atoms with Crippen LogP contribution in [-0.2, 0) is 0 Å². The summed E-state index contributed by atoms with van der Waals surface area (Å²) in [4.78, 5) is 8.91. The van der Waals surface area contributed by atoms with Crippen molar-refractivity contribution in [1.29, 1.82) is 0 Å². The predicted molar refractivity (Wildman–Crippen MR) is 85.1 cm³/mol. The van der Waals surface area contributed by atoms with Crippen LogP contribution in [0.2, 0.25) is 0 Å². The van der Waals surface area contributed by atoms with Crippen LogP contribution in [0.15, 0.2) is 12.3 Å². The Bertz CT molecular complexity index is 384. The highest BCUT2D eigenvalue weighted by molar-refractivity contribution is 5.39. The lowest BCUT2D eigenvalue weighted by Crippen LogP contribution is -2.20. The van der Waals surface area contributed by atoms with Crippen molar-refractivity contribution in [2.75, 3.05) is 17.2 Å². The molecule has 1 saturated carbocycles. The lowest BCUT2D eigenvalue weighted by molar-refractivity contribution is 0.606. The van der Waals surface area contributed by atoms with Crippen LogP contribution in [0, 0.1) is 5.92 Å². The maximum Gasteiger partial charge on any atom is 0.224 e. The highest BCUT2D eigenvalue weighted by Crippen LogP contribution is 2.20. The van der Waals surface area contributed by atoms with Gasteiger partial charge in [0.05, 0.1) is 0 Å². The van der Waals surface area contributed by atoms with E-state index in [1.54, 1.807) is 0 Å². The molecule has 0 bridgehead atoms. The Labute approximate surface area is 122 Å². The summed E-state index contributed by atoms with van der Waals surface area (Å²) in [6, 6.07) is 2.49. The summed E-state index contributed by atoms with van der Waals surface area (Å²) in [7, 11) is 0. The van der Waals surface area contributed by atoms with E-state index in [0.717, 1.165) is 24.7 Å². The van der Waals surface area contributed by atoms with Crippen molar-refractivity contribution >= 4 is 11.8 Å². The number of anilines is 2. The van der Waals surface area contributed by atoms with Crippen molar-refractivity contribution in [3.8, 4) is 0 Å². The minimum atomic E-state index is 0.545. The van der Waals surface area contributed by atoms with E-state index in [1.807, 2.05) is 12.3 Å². The number of nitrogens with one attached hydrogen (secondary N) is 2. The van der Waals surface area contributed by atoms with E-state index in [1.165, 1.54) is 38.5 Å². The van der Waals surface area contributed by atoms with E-state index in [4.69, 9.17) is 0 Å². The summed E-state index contributed by atoms with van der Waals surface area (Å²) < 4.78 is 0. The summed E-state index contributed by atoms with van der Waals surface area (Å²) in [5, 5.41) is 6.87. The van der Waals surface area contributed by atoms with E-state index in [0.29, 0.717) is 12.0 Å². The first-order valence-electron chi connectivity index (χ1n) is 8.07. The van der Waals surface area contributed by atoms with Crippen LogP contribution in [0.1, 0.15) is 58.8 Å². The zero-order valence-electron chi connectivity index (χ0n) is 12.9. The fraction of sp³-hybridized carbons (Fsp3) is 0.750. The Morgan fingerprint density at radius 2 is 1.95 bits per heavy atom. The summed E-state index contributed by atoms with van der Waals surface area (Å²) >= 11 is 0. The van der Waals surface area contributed by atoms with Gasteiger partial charge in [-0.25, -0.2) is 4.98 Å². The SMILES string of the molecule is CC(C)CCNc1ccnc(NC2CCCCCC2)n1. The van der Waals surface area contributed by atoms with Gasteiger partial charge in [0.25, 0.3) is 0 Å². The molecule has 1 aliphatic carbocycles. The molecule has 1 fully saturated rings. The van der Waals surface area contributed by atoms with Gasteiger partial charge in [-0.3, -0.25) is 0 Å². The Balaban J connectivity index is 1.84. The van der Waals surface area contributed by atoms with Crippen LogP contribution in [0.4, 0.5) is 11.8 Å². The van der Waals surface area contributed by atoms with Crippen LogP contribution < -0.4 is 10.6 Å². The molecule has 1 aliphatic rings. The van der Waals surface area contributed by atoms with Crippen LogP contribution in [0.25, 0.3) is 0 Å². The molecule has 0 saturated heterocycles. The third kappa shape index (κ3) is 5.35. The van der Waals surface area contributed by atoms with Crippen LogP contribution in [0.3, 0.4) is 0 Å². The van der Waals surface area contributed by atoms with Gasteiger partial charge >= 0.3 is 0 Å². The number of aromatic nitrogens is 2. The van der Waals surface area contributed by atoms with Crippen molar-refractivity contribution in [2.24, 2.45) is 5.92 Å². The Kier molecular flexibility index (Phi) is 6.09. The maximum absolute atomic E-state index is 4.56. The predicted octanol–water partition coefficient (Wildman–Crippen LogP) is 4.07. The standard InChI is InChI=1S/C16H28N4/c1-13(2)9-11-17-15-10-12-18-16(20-15)19-14-7-5-3-4-6-8-14/h10,12-14H,3-9,11H2,1-2H3,(H2,17,18,19,20). The van der Waals surface area contributed by atoms with Crippen molar-refractivity contribution in [1.82, 2.24) is 9.97 Å². The van der Waals surface area contributed by atoms with Gasteiger partial charge in [0.15, 0.2) is 0 Å². The molecule has 20 heavy (non-hydrogen) atoms. The molecule has 0 atom stereocenters. The number of hydrogen-bond donors (Lipinski definition) is 2. The smallest absolute Gasteiger partial charge is 0.224 e. The fourth-order valence-corrected chi connectivity index (χ4v) is 2.62. The van der Waals surface area contributed by atoms with E-state index in [-0.39, 0.29) is 0 Å². The van der Waals surface area contributed by atoms with Crippen LogP contribution in [0.5, 0.6) is 0 Å². The molecule has 1 aromatic heterocycles. The van der Waals surface area contributed by atoms with E-state index >= 15 is 0 Å². The van der Waals surface area contributed by atoms with E-state index < -0.39 is 0 Å². The Morgan fingerprint density at radius 1 is 1.20 bits per heavy atom. The summed E-state index contributed by atoms with van der Waals surface area (Å²) in [5.41, 5.74) is 0. The second kappa shape index (κ2) is 8.08. The maximum atomic E-state index is 4.56. The van der Waals surface area contributed by atoms with Gasteiger partial charge < -0.3 is 10.6 Å². The molecule has 1 aromatic rings. The first-order chi connectivity index (χ1) is 9.74. The number of rotatable bonds is 6. The summed E-state index contributed by atoms with van der Waals surface area (Å²) in [6.07, 6.45) is 10.9. The van der Waals surface area contributed by atoms with Crippen LogP contribution >= 0.6 is 0 Å². The molecule has 112 valence electrons. The fourth-order valence-electron chi connectivity index (χ4n) is 2.62. The average molecular weight is 276 g/mol. The number of hydrogen-bond acceptors (Lipinski definition) is 4. The van der Waals surface area contributed by atoms with Gasteiger partial charge in [-0.15, -0.1) is 0 Å². The first kappa shape index (κ1) is 15.1. The summed E-state index contributed by atoms with van der Waals surface area (Å²) in [5.74, 6) is 2.41. The lowest BCUT2D eigenvalue weighted by atomic mass is 10.1. The molecule has 0 unspecified atom stereocenters. The Morgan fingerprint density at radius 3 is 2.65 bits per heavy atom. The van der Waals surface area contributed by atoms with Gasteiger partial charge in [0.1, 0.15) is 5.82 Å². The molecule has 0 aromatic carbocycles. The quantitative estimate of drug-likeness (QED) is 0.769. The van der Waals surface area contributed by atoms with E-state index in [9.17, 15) is 0 Å². The van der Waals surface area contributed by atoms with Crippen molar-refractivity contribution in [3.05, 3.63) is 12.3 Å².